The Labute approximate surface area is 89.3 Å². The first-order valence-electron chi connectivity index (χ1n) is 5.96. The number of likely N-dealkylation sites (tertiary alicyclic amines) is 1. The fourth-order valence-corrected chi connectivity index (χ4v) is 2.18. The molecular weight excluding hydrogens is 172 g/mol. The van der Waals surface area contributed by atoms with E-state index < -0.39 is 0 Å². The zero-order chi connectivity index (χ0) is 10.6. The van der Waals surface area contributed by atoms with Crippen LogP contribution >= 0.6 is 0 Å². The Morgan fingerprint density at radius 1 is 1.21 bits per heavy atom. The van der Waals surface area contributed by atoms with Crippen LogP contribution < -0.4 is 0 Å². The van der Waals surface area contributed by atoms with Crippen molar-refractivity contribution in [2.45, 2.75) is 26.7 Å². The Kier molecular flexibility index (Phi) is 4.90. The van der Waals surface area contributed by atoms with Crippen molar-refractivity contribution in [3.63, 3.8) is 0 Å². The predicted octanol–water partition coefficient (Wildman–Crippen LogP) is 1.92. The van der Waals surface area contributed by atoms with Crippen molar-refractivity contribution in [3.8, 4) is 0 Å². The Hall–Kier alpha value is -0.0800. The molecule has 0 unspecified atom stereocenters. The molecule has 1 saturated heterocycles. The molecule has 0 aromatic rings. The van der Waals surface area contributed by atoms with Crippen LogP contribution in [0.5, 0.6) is 0 Å². The Balaban J connectivity index is 2.16. The van der Waals surface area contributed by atoms with Gasteiger partial charge in [-0.05, 0) is 51.9 Å². The second-order valence-electron chi connectivity index (χ2n) is 5.23. The molecule has 84 valence electrons. The molecule has 1 aliphatic heterocycles. The Morgan fingerprint density at radius 3 is 2.21 bits per heavy atom. The summed E-state index contributed by atoms with van der Waals surface area (Å²) >= 11 is 0. The summed E-state index contributed by atoms with van der Waals surface area (Å²) in [6, 6.07) is 0. The smallest absolute Gasteiger partial charge is 0.0109 e. The van der Waals surface area contributed by atoms with Crippen LogP contribution in [-0.2, 0) is 0 Å². The van der Waals surface area contributed by atoms with Crippen LogP contribution in [0.25, 0.3) is 0 Å². The predicted molar refractivity (Wildman–Crippen MR) is 62.6 cm³/mol. The van der Waals surface area contributed by atoms with Gasteiger partial charge in [-0.25, -0.2) is 0 Å². The maximum Gasteiger partial charge on any atom is 0.0109 e. The number of nitrogens with zero attached hydrogens (tertiary/aromatic N) is 2. The molecule has 0 aromatic carbocycles. The molecule has 2 heteroatoms. The van der Waals surface area contributed by atoms with Crippen LogP contribution in [0.1, 0.15) is 26.7 Å². The highest BCUT2D eigenvalue weighted by Gasteiger charge is 2.20. The monoisotopic (exact) mass is 198 g/mol. The molecule has 0 atom stereocenters. The van der Waals surface area contributed by atoms with Gasteiger partial charge in [-0.1, -0.05) is 13.8 Å². The normalized spacial score (nSPS) is 21.0. The van der Waals surface area contributed by atoms with Gasteiger partial charge in [0.15, 0.2) is 0 Å². The van der Waals surface area contributed by atoms with E-state index in [9.17, 15) is 0 Å². The zero-order valence-corrected chi connectivity index (χ0v) is 10.3. The number of piperidine rings is 1. The third kappa shape index (κ3) is 3.97. The summed E-state index contributed by atoms with van der Waals surface area (Å²) in [6.45, 7) is 9.80. The topological polar surface area (TPSA) is 6.48 Å². The van der Waals surface area contributed by atoms with E-state index in [1.165, 1.54) is 39.0 Å². The molecule has 0 spiro atoms. The lowest BCUT2D eigenvalue weighted by molar-refractivity contribution is 0.148. The minimum absolute atomic E-state index is 0.881. The van der Waals surface area contributed by atoms with E-state index in [0.29, 0.717) is 0 Å². The highest BCUT2D eigenvalue weighted by Crippen LogP contribution is 2.23. The molecule has 1 heterocycles. The summed E-state index contributed by atoms with van der Waals surface area (Å²) in [7, 11) is 4.31. The lowest BCUT2D eigenvalue weighted by Gasteiger charge is -2.34. The highest BCUT2D eigenvalue weighted by atomic mass is 15.2. The average molecular weight is 198 g/mol. The zero-order valence-electron chi connectivity index (χ0n) is 10.3. The third-order valence-corrected chi connectivity index (χ3v) is 3.44. The third-order valence-electron chi connectivity index (χ3n) is 3.44. The second kappa shape index (κ2) is 5.72. The molecule has 0 N–H and O–H groups in total. The summed E-state index contributed by atoms with van der Waals surface area (Å²) in [5, 5.41) is 0. The summed E-state index contributed by atoms with van der Waals surface area (Å²) < 4.78 is 0. The second-order valence-corrected chi connectivity index (χ2v) is 5.23. The Morgan fingerprint density at radius 2 is 1.79 bits per heavy atom. The van der Waals surface area contributed by atoms with Crippen LogP contribution in [0, 0.1) is 11.8 Å². The quantitative estimate of drug-likeness (QED) is 0.681. The van der Waals surface area contributed by atoms with Crippen LogP contribution in [-0.4, -0.2) is 50.1 Å². The molecule has 1 aliphatic rings. The number of likely N-dealkylation sites (N-methyl/N-ethyl adjacent to an activating group) is 1. The molecular formula is C12H26N2. The number of hydrogen-bond acceptors (Lipinski definition) is 2. The molecule has 14 heavy (non-hydrogen) atoms. The fourth-order valence-electron chi connectivity index (χ4n) is 2.18. The molecule has 1 rings (SSSR count). The van der Waals surface area contributed by atoms with E-state index >= 15 is 0 Å². The van der Waals surface area contributed by atoms with Crippen molar-refractivity contribution in [1.82, 2.24) is 9.80 Å². The van der Waals surface area contributed by atoms with Gasteiger partial charge in [0.1, 0.15) is 0 Å². The van der Waals surface area contributed by atoms with E-state index in [4.69, 9.17) is 0 Å². The molecule has 0 aromatic heterocycles. The van der Waals surface area contributed by atoms with Gasteiger partial charge in [-0.2, -0.15) is 0 Å². The average Bonchev–Trinajstić information content (AvgIpc) is 2.15. The standard InChI is InChI=1S/C12H26N2/c1-11(2)12-5-7-14(8-6-12)10-9-13(3)4/h11-12H,5-10H2,1-4H3. The Bertz CT molecular complexity index is 146. The summed E-state index contributed by atoms with van der Waals surface area (Å²) in [6.07, 6.45) is 2.82. The van der Waals surface area contributed by atoms with Crippen LogP contribution in [0.3, 0.4) is 0 Å². The SMILES string of the molecule is CC(C)C1CCN(CCN(C)C)CC1. The van der Waals surface area contributed by atoms with Gasteiger partial charge in [-0.3, -0.25) is 0 Å². The molecule has 0 aliphatic carbocycles. The molecule has 0 radical (unpaired) electrons. The lowest BCUT2D eigenvalue weighted by atomic mass is 9.87. The van der Waals surface area contributed by atoms with Crippen LogP contribution in [0.4, 0.5) is 0 Å². The van der Waals surface area contributed by atoms with Crippen molar-refractivity contribution in [2.75, 3.05) is 40.3 Å². The minimum Gasteiger partial charge on any atom is -0.308 e. The van der Waals surface area contributed by atoms with Crippen molar-refractivity contribution in [2.24, 2.45) is 11.8 Å². The van der Waals surface area contributed by atoms with Gasteiger partial charge >= 0.3 is 0 Å². The lowest BCUT2D eigenvalue weighted by Crippen LogP contribution is -2.39. The molecule has 2 nitrogen and oxygen atoms in total. The summed E-state index contributed by atoms with van der Waals surface area (Å²) in [5.74, 6) is 1.86. The molecule has 0 amide bonds. The maximum absolute atomic E-state index is 2.61. The summed E-state index contributed by atoms with van der Waals surface area (Å²) in [4.78, 5) is 4.88. The van der Waals surface area contributed by atoms with Gasteiger partial charge in [0.25, 0.3) is 0 Å². The molecule has 0 bridgehead atoms. The minimum atomic E-state index is 0.881. The van der Waals surface area contributed by atoms with Gasteiger partial charge in [0.2, 0.25) is 0 Å². The fraction of sp³-hybridized carbons (Fsp3) is 1.00. The number of rotatable bonds is 4. The van der Waals surface area contributed by atoms with Gasteiger partial charge in [0.05, 0.1) is 0 Å². The van der Waals surface area contributed by atoms with Crippen LogP contribution in [0.2, 0.25) is 0 Å². The molecule has 0 saturated carbocycles. The van der Waals surface area contributed by atoms with E-state index in [2.05, 4.69) is 37.7 Å². The van der Waals surface area contributed by atoms with Crippen molar-refractivity contribution >= 4 is 0 Å². The van der Waals surface area contributed by atoms with Crippen molar-refractivity contribution < 1.29 is 0 Å². The van der Waals surface area contributed by atoms with E-state index in [1.54, 1.807) is 0 Å². The molecule has 1 fully saturated rings. The van der Waals surface area contributed by atoms with E-state index in [0.717, 1.165) is 11.8 Å². The van der Waals surface area contributed by atoms with Crippen molar-refractivity contribution in [3.05, 3.63) is 0 Å². The number of hydrogen-bond donors (Lipinski definition) is 0. The first-order valence-corrected chi connectivity index (χ1v) is 5.96. The largest absolute Gasteiger partial charge is 0.308 e. The maximum atomic E-state index is 2.61. The summed E-state index contributed by atoms with van der Waals surface area (Å²) in [5.41, 5.74) is 0. The first-order chi connectivity index (χ1) is 6.59. The van der Waals surface area contributed by atoms with E-state index in [1.807, 2.05) is 0 Å². The van der Waals surface area contributed by atoms with Gasteiger partial charge < -0.3 is 9.80 Å². The van der Waals surface area contributed by atoms with Gasteiger partial charge in [-0.15, -0.1) is 0 Å². The first kappa shape index (κ1) is 12.0. The highest BCUT2D eigenvalue weighted by molar-refractivity contribution is 4.74. The van der Waals surface area contributed by atoms with Gasteiger partial charge in [0, 0.05) is 13.1 Å². The van der Waals surface area contributed by atoms with Crippen molar-refractivity contribution in [1.29, 1.82) is 0 Å². The van der Waals surface area contributed by atoms with E-state index in [-0.39, 0.29) is 0 Å². The van der Waals surface area contributed by atoms with Crippen LogP contribution in [0.15, 0.2) is 0 Å².